The van der Waals surface area contributed by atoms with E-state index in [0.29, 0.717) is 0 Å². The summed E-state index contributed by atoms with van der Waals surface area (Å²) < 4.78 is 0. The second-order valence-corrected chi connectivity index (χ2v) is 4.24. The Labute approximate surface area is 83.0 Å². The summed E-state index contributed by atoms with van der Waals surface area (Å²) in [6.45, 7) is 5.57. The number of carboxylic acid groups (broad SMARTS) is 1. The van der Waals surface area contributed by atoms with Crippen molar-refractivity contribution in [2.24, 2.45) is 11.3 Å². The summed E-state index contributed by atoms with van der Waals surface area (Å²) in [5.41, 5.74) is -0.0146. The van der Waals surface area contributed by atoms with Crippen LogP contribution in [0.15, 0.2) is 11.8 Å². The molecule has 0 aromatic heterocycles. The van der Waals surface area contributed by atoms with Crippen LogP contribution in [0, 0.1) is 11.3 Å². The molecule has 0 unspecified atom stereocenters. The second kappa shape index (κ2) is 3.44. The van der Waals surface area contributed by atoms with Crippen LogP contribution in [0.1, 0.15) is 27.2 Å². The first-order valence-electron chi connectivity index (χ1n) is 4.59. The van der Waals surface area contributed by atoms with Gasteiger partial charge in [-0.1, -0.05) is 19.9 Å². The Morgan fingerprint density at radius 1 is 1.50 bits per heavy atom. The van der Waals surface area contributed by atoms with Crippen molar-refractivity contribution in [3.8, 4) is 0 Å². The van der Waals surface area contributed by atoms with Gasteiger partial charge in [0, 0.05) is 5.92 Å². The van der Waals surface area contributed by atoms with Gasteiger partial charge < -0.3 is 10.4 Å². The number of carbonyl (C=O) groups is 2. The molecule has 0 aromatic carbocycles. The predicted molar refractivity (Wildman–Crippen MR) is 51.4 cm³/mol. The Hall–Kier alpha value is -1.32. The van der Waals surface area contributed by atoms with Gasteiger partial charge in [0.25, 0.3) is 0 Å². The van der Waals surface area contributed by atoms with Crippen LogP contribution < -0.4 is 5.32 Å². The van der Waals surface area contributed by atoms with Crippen molar-refractivity contribution in [2.45, 2.75) is 27.2 Å². The zero-order valence-electron chi connectivity index (χ0n) is 8.63. The summed E-state index contributed by atoms with van der Waals surface area (Å²) in [7, 11) is 0. The standard InChI is InChI=1S/C10H15NO3/c1-4-7(9(13)14)11-8(12)6-5-10(6,2)3/h4,6H,5H2,1-3H3,(H,11,12)(H,13,14)/b7-4-/t6-/m1/s1. The smallest absolute Gasteiger partial charge is 0.352 e. The van der Waals surface area contributed by atoms with Crippen molar-refractivity contribution in [3.05, 3.63) is 11.8 Å². The van der Waals surface area contributed by atoms with Crippen molar-refractivity contribution in [3.63, 3.8) is 0 Å². The van der Waals surface area contributed by atoms with Crippen LogP contribution >= 0.6 is 0 Å². The van der Waals surface area contributed by atoms with Gasteiger partial charge in [0.2, 0.25) is 5.91 Å². The SMILES string of the molecule is C/C=C(\NC(=O)[C@H]1CC1(C)C)C(=O)O. The molecule has 1 rings (SSSR count). The van der Waals surface area contributed by atoms with Crippen LogP contribution in [0.5, 0.6) is 0 Å². The van der Waals surface area contributed by atoms with E-state index >= 15 is 0 Å². The molecule has 0 aromatic rings. The average Bonchev–Trinajstić information content (AvgIpc) is 2.70. The van der Waals surface area contributed by atoms with E-state index < -0.39 is 5.97 Å². The van der Waals surface area contributed by atoms with Gasteiger partial charge in [-0.15, -0.1) is 0 Å². The van der Waals surface area contributed by atoms with Crippen LogP contribution in [0.2, 0.25) is 0 Å². The Bertz CT molecular complexity index is 304. The number of aliphatic carboxylic acids is 1. The molecule has 0 radical (unpaired) electrons. The fraction of sp³-hybridized carbons (Fsp3) is 0.600. The van der Waals surface area contributed by atoms with Crippen molar-refractivity contribution < 1.29 is 14.7 Å². The van der Waals surface area contributed by atoms with E-state index in [2.05, 4.69) is 5.32 Å². The maximum atomic E-state index is 11.5. The quantitative estimate of drug-likeness (QED) is 0.667. The summed E-state index contributed by atoms with van der Waals surface area (Å²) in [5.74, 6) is -1.33. The zero-order valence-corrected chi connectivity index (χ0v) is 8.63. The van der Waals surface area contributed by atoms with Crippen molar-refractivity contribution in [2.75, 3.05) is 0 Å². The van der Waals surface area contributed by atoms with Crippen LogP contribution in [-0.2, 0) is 9.59 Å². The van der Waals surface area contributed by atoms with Gasteiger partial charge in [0.15, 0.2) is 0 Å². The molecule has 78 valence electrons. The highest BCUT2D eigenvalue weighted by atomic mass is 16.4. The average molecular weight is 197 g/mol. The third-order valence-corrected chi connectivity index (χ3v) is 2.61. The van der Waals surface area contributed by atoms with E-state index in [-0.39, 0.29) is 22.9 Å². The summed E-state index contributed by atoms with van der Waals surface area (Å²) in [6, 6.07) is 0. The molecule has 1 atom stereocenters. The normalized spacial score (nSPS) is 24.2. The third kappa shape index (κ3) is 2.13. The number of nitrogens with one attached hydrogen (secondary N) is 1. The Kier molecular flexibility index (Phi) is 2.64. The van der Waals surface area contributed by atoms with Crippen LogP contribution in [0.3, 0.4) is 0 Å². The van der Waals surface area contributed by atoms with Crippen molar-refractivity contribution in [1.29, 1.82) is 0 Å². The molecule has 0 spiro atoms. The lowest BCUT2D eigenvalue weighted by molar-refractivity contribution is -0.135. The highest BCUT2D eigenvalue weighted by molar-refractivity contribution is 5.94. The lowest BCUT2D eigenvalue weighted by Crippen LogP contribution is -2.29. The molecular weight excluding hydrogens is 182 g/mol. The van der Waals surface area contributed by atoms with Gasteiger partial charge in [-0.05, 0) is 18.8 Å². The first kappa shape index (κ1) is 10.8. The molecule has 1 aliphatic carbocycles. The molecule has 2 N–H and O–H groups in total. The summed E-state index contributed by atoms with van der Waals surface area (Å²) in [4.78, 5) is 22.1. The lowest BCUT2D eigenvalue weighted by Gasteiger charge is -2.06. The van der Waals surface area contributed by atoms with Crippen molar-refractivity contribution in [1.82, 2.24) is 5.32 Å². The largest absolute Gasteiger partial charge is 0.477 e. The maximum Gasteiger partial charge on any atom is 0.352 e. The molecule has 0 saturated heterocycles. The van der Waals surface area contributed by atoms with Gasteiger partial charge in [0.1, 0.15) is 5.70 Å². The topological polar surface area (TPSA) is 66.4 Å². The second-order valence-electron chi connectivity index (χ2n) is 4.24. The molecule has 0 aliphatic heterocycles. The third-order valence-electron chi connectivity index (χ3n) is 2.61. The molecule has 1 fully saturated rings. The summed E-state index contributed by atoms with van der Waals surface area (Å²) in [6.07, 6.45) is 2.21. The summed E-state index contributed by atoms with van der Waals surface area (Å²) in [5, 5.41) is 11.1. The Balaban J connectivity index is 2.54. The molecule has 14 heavy (non-hydrogen) atoms. The van der Waals surface area contributed by atoms with Crippen LogP contribution in [0.4, 0.5) is 0 Å². The van der Waals surface area contributed by atoms with Gasteiger partial charge >= 0.3 is 5.97 Å². The maximum absolute atomic E-state index is 11.5. The van der Waals surface area contributed by atoms with Gasteiger partial charge in [-0.2, -0.15) is 0 Å². The minimum atomic E-state index is -1.10. The van der Waals surface area contributed by atoms with Crippen LogP contribution in [0.25, 0.3) is 0 Å². The Morgan fingerprint density at radius 2 is 2.00 bits per heavy atom. The van der Waals surface area contributed by atoms with E-state index in [0.717, 1.165) is 6.42 Å². The molecule has 0 bridgehead atoms. The number of hydrogen-bond acceptors (Lipinski definition) is 2. The minimum Gasteiger partial charge on any atom is -0.477 e. The number of carbonyl (C=O) groups excluding carboxylic acids is 1. The molecule has 1 amide bonds. The lowest BCUT2D eigenvalue weighted by atomic mass is 10.1. The predicted octanol–water partition coefficient (Wildman–Crippen LogP) is 1.14. The fourth-order valence-corrected chi connectivity index (χ4v) is 1.38. The highest BCUT2D eigenvalue weighted by Gasteiger charge is 2.50. The molecule has 1 aliphatic rings. The molecular formula is C10H15NO3. The van der Waals surface area contributed by atoms with Gasteiger partial charge in [-0.3, -0.25) is 4.79 Å². The van der Waals surface area contributed by atoms with Crippen LogP contribution in [-0.4, -0.2) is 17.0 Å². The molecule has 1 saturated carbocycles. The van der Waals surface area contributed by atoms with Crippen molar-refractivity contribution >= 4 is 11.9 Å². The fourth-order valence-electron chi connectivity index (χ4n) is 1.38. The Morgan fingerprint density at radius 3 is 2.29 bits per heavy atom. The van der Waals surface area contributed by atoms with E-state index in [4.69, 9.17) is 5.11 Å². The number of carboxylic acids is 1. The monoisotopic (exact) mass is 197 g/mol. The number of amides is 1. The number of rotatable bonds is 3. The zero-order chi connectivity index (χ0) is 10.9. The van der Waals surface area contributed by atoms with E-state index in [1.807, 2.05) is 13.8 Å². The molecule has 4 heteroatoms. The number of allylic oxidation sites excluding steroid dienone is 1. The van der Waals surface area contributed by atoms with Gasteiger partial charge in [-0.25, -0.2) is 4.79 Å². The van der Waals surface area contributed by atoms with E-state index in [1.54, 1.807) is 6.92 Å². The number of hydrogen-bond donors (Lipinski definition) is 2. The summed E-state index contributed by atoms with van der Waals surface area (Å²) >= 11 is 0. The van der Waals surface area contributed by atoms with E-state index in [9.17, 15) is 9.59 Å². The first-order valence-corrected chi connectivity index (χ1v) is 4.59. The molecule has 0 heterocycles. The first-order chi connectivity index (χ1) is 6.38. The van der Waals surface area contributed by atoms with Gasteiger partial charge in [0.05, 0.1) is 0 Å². The van der Waals surface area contributed by atoms with E-state index in [1.165, 1.54) is 6.08 Å². The highest BCUT2D eigenvalue weighted by Crippen LogP contribution is 2.51. The molecule has 4 nitrogen and oxygen atoms in total. The minimum absolute atomic E-state index is 0.0292.